The van der Waals surface area contributed by atoms with E-state index in [0.29, 0.717) is 5.78 Å². The van der Waals surface area contributed by atoms with E-state index in [0.717, 1.165) is 38.5 Å². The first-order valence-electron chi connectivity index (χ1n) is 7.84. The number of rotatable bonds is 13. The summed E-state index contributed by atoms with van der Waals surface area (Å²) in [5, 5.41) is 9.78. The Bertz CT molecular complexity index is 190. The van der Waals surface area contributed by atoms with Gasteiger partial charge in [-0.2, -0.15) is 0 Å². The maximum absolute atomic E-state index is 10.7. The lowest BCUT2D eigenvalue weighted by atomic mass is 10.0. The first kappa shape index (κ1) is 17.6. The number of ketones is 1. The number of unbranched alkanes of at least 4 members (excludes halogenated alkanes) is 7. The molecule has 0 aromatic rings. The molecule has 18 heavy (non-hydrogen) atoms. The molecular formula is C16H32O2. The van der Waals surface area contributed by atoms with Crippen molar-refractivity contribution in [3.63, 3.8) is 0 Å². The van der Waals surface area contributed by atoms with Crippen LogP contribution in [0.5, 0.6) is 0 Å². The highest BCUT2D eigenvalue weighted by Gasteiger charge is 2.03. The fourth-order valence-electron chi connectivity index (χ4n) is 2.24. The first-order chi connectivity index (χ1) is 8.66. The number of aliphatic hydroxyl groups excluding tert-OH is 1. The number of hydrogen-bond donors (Lipinski definition) is 1. The molecule has 0 radical (unpaired) electrons. The number of hydrogen-bond acceptors (Lipinski definition) is 2. The zero-order valence-corrected chi connectivity index (χ0v) is 12.4. The van der Waals surface area contributed by atoms with Crippen molar-refractivity contribution in [2.75, 3.05) is 0 Å². The van der Waals surface area contributed by atoms with Crippen molar-refractivity contribution in [1.29, 1.82) is 0 Å². The highest BCUT2D eigenvalue weighted by atomic mass is 16.3. The van der Waals surface area contributed by atoms with Crippen LogP contribution in [0.3, 0.4) is 0 Å². The van der Waals surface area contributed by atoms with Gasteiger partial charge in [0.15, 0.2) is 0 Å². The van der Waals surface area contributed by atoms with Gasteiger partial charge < -0.3 is 9.90 Å². The van der Waals surface area contributed by atoms with E-state index in [4.69, 9.17) is 0 Å². The van der Waals surface area contributed by atoms with Gasteiger partial charge in [0.2, 0.25) is 0 Å². The van der Waals surface area contributed by atoms with Crippen molar-refractivity contribution in [2.45, 2.75) is 97.0 Å². The van der Waals surface area contributed by atoms with E-state index in [2.05, 4.69) is 6.92 Å². The predicted molar refractivity (Wildman–Crippen MR) is 77.8 cm³/mol. The molecule has 1 N–H and O–H groups in total. The second-order valence-electron chi connectivity index (χ2n) is 5.51. The van der Waals surface area contributed by atoms with Crippen LogP contribution in [0.25, 0.3) is 0 Å². The molecule has 1 unspecified atom stereocenters. The van der Waals surface area contributed by atoms with Crippen molar-refractivity contribution in [1.82, 2.24) is 0 Å². The van der Waals surface area contributed by atoms with E-state index < -0.39 is 0 Å². The van der Waals surface area contributed by atoms with Gasteiger partial charge in [0, 0.05) is 6.42 Å². The van der Waals surface area contributed by atoms with Crippen molar-refractivity contribution >= 4 is 5.78 Å². The van der Waals surface area contributed by atoms with E-state index in [1.54, 1.807) is 6.92 Å². The van der Waals surface area contributed by atoms with Crippen LogP contribution in [0.2, 0.25) is 0 Å². The summed E-state index contributed by atoms with van der Waals surface area (Å²) in [5.41, 5.74) is 0. The molecule has 0 aromatic heterocycles. The van der Waals surface area contributed by atoms with Crippen molar-refractivity contribution < 1.29 is 9.90 Å². The number of aliphatic hydroxyl groups is 1. The van der Waals surface area contributed by atoms with Crippen LogP contribution in [0.4, 0.5) is 0 Å². The van der Waals surface area contributed by atoms with Gasteiger partial charge in [-0.3, -0.25) is 0 Å². The summed E-state index contributed by atoms with van der Waals surface area (Å²) < 4.78 is 0. The minimum atomic E-state index is -0.0842. The van der Waals surface area contributed by atoms with Gasteiger partial charge >= 0.3 is 0 Å². The zero-order valence-electron chi connectivity index (χ0n) is 12.4. The van der Waals surface area contributed by atoms with Gasteiger partial charge in [-0.15, -0.1) is 0 Å². The average Bonchev–Trinajstić information content (AvgIpc) is 2.33. The molecule has 0 saturated carbocycles. The molecule has 0 aliphatic rings. The third kappa shape index (κ3) is 13.7. The monoisotopic (exact) mass is 256 g/mol. The van der Waals surface area contributed by atoms with Crippen LogP contribution in [0.1, 0.15) is 90.9 Å². The van der Waals surface area contributed by atoms with E-state index in [1.165, 1.54) is 38.5 Å². The van der Waals surface area contributed by atoms with Gasteiger partial charge in [0.1, 0.15) is 5.78 Å². The maximum Gasteiger partial charge on any atom is 0.129 e. The van der Waals surface area contributed by atoms with Gasteiger partial charge in [0.25, 0.3) is 0 Å². The Balaban J connectivity index is 3.15. The molecular weight excluding hydrogens is 224 g/mol. The van der Waals surface area contributed by atoms with Gasteiger partial charge in [-0.25, -0.2) is 0 Å². The molecule has 0 amide bonds. The van der Waals surface area contributed by atoms with Gasteiger partial charge in [-0.1, -0.05) is 58.3 Å². The van der Waals surface area contributed by atoms with E-state index in [9.17, 15) is 9.90 Å². The number of carbonyl (C=O) groups is 1. The highest BCUT2D eigenvalue weighted by molar-refractivity contribution is 5.75. The van der Waals surface area contributed by atoms with Crippen molar-refractivity contribution in [3.05, 3.63) is 0 Å². The fourth-order valence-corrected chi connectivity index (χ4v) is 2.24. The molecule has 1 atom stereocenters. The summed E-state index contributed by atoms with van der Waals surface area (Å²) in [6.07, 6.45) is 13.3. The van der Waals surface area contributed by atoms with Crippen LogP contribution in [0.15, 0.2) is 0 Å². The Morgan fingerprint density at radius 1 is 0.889 bits per heavy atom. The van der Waals surface area contributed by atoms with Crippen LogP contribution in [-0.2, 0) is 4.79 Å². The Labute approximate surface area is 113 Å². The third-order valence-corrected chi connectivity index (χ3v) is 3.46. The molecule has 108 valence electrons. The smallest absolute Gasteiger partial charge is 0.129 e. The second-order valence-corrected chi connectivity index (χ2v) is 5.51. The standard InChI is InChI=1S/C16H32O2/c1-3-4-5-10-13-16(18)14-11-8-6-7-9-12-15(2)17/h16,18H,3-14H2,1-2H3. The van der Waals surface area contributed by atoms with Crippen molar-refractivity contribution in [3.8, 4) is 0 Å². The minimum absolute atomic E-state index is 0.0842. The lowest BCUT2D eigenvalue weighted by Crippen LogP contribution is -2.05. The van der Waals surface area contributed by atoms with E-state index in [1.807, 2.05) is 0 Å². The molecule has 0 heterocycles. The third-order valence-electron chi connectivity index (χ3n) is 3.46. The summed E-state index contributed by atoms with van der Waals surface area (Å²) >= 11 is 0. The fraction of sp³-hybridized carbons (Fsp3) is 0.938. The van der Waals surface area contributed by atoms with Crippen LogP contribution in [0, 0.1) is 0 Å². The molecule has 0 aliphatic heterocycles. The molecule has 0 spiro atoms. The topological polar surface area (TPSA) is 37.3 Å². The summed E-state index contributed by atoms with van der Waals surface area (Å²) in [7, 11) is 0. The number of Topliss-reactive ketones (excluding diaryl/α,β-unsaturated/α-hetero) is 1. The first-order valence-corrected chi connectivity index (χ1v) is 7.84. The van der Waals surface area contributed by atoms with Gasteiger partial charge in [-0.05, 0) is 26.2 Å². The quantitative estimate of drug-likeness (QED) is 0.487. The van der Waals surface area contributed by atoms with Crippen molar-refractivity contribution in [2.24, 2.45) is 0 Å². The second kappa shape index (κ2) is 13.1. The highest BCUT2D eigenvalue weighted by Crippen LogP contribution is 2.13. The summed E-state index contributed by atoms with van der Waals surface area (Å²) in [5.74, 6) is 0.303. The molecule has 0 aliphatic carbocycles. The molecule has 0 rings (SSSR count). The van der Waals surface area contributed by atoms with Crippen LogP contribution >= 0.6 is 0 Å². The van der Waals surface area contributed by atoms with E-state index in [-0.39, 0.29) is 6.10 Å². The molecule has 0 aromatic carbocycles. The largest absolute Gasteiger partial charge is 0.393 e. The predicted octanol–water partition coefficient (Wildman–Crippen LogP) is 4.64. The lowest BCUT2D eigenvalue weighted by Gasteiger charge is -2.09. The molecule has 0 fully saturated rings. The number of carbonyl (C=O) groups excluding carboxylic acids is 1. The Kier molecular flexibility index (Phi) is 12.8. The molecule has 2 heteroatoms. The lowest BCUT2D eigenvalue weighted by molar-refractivity contribution is -0.117. The Morgan fingerprint density at radius 2 is 1.39 bits per heavy atom. The van der Waals surface area contributed by atoms with E-state index >= 15 is 0 Å². The average molecular weight is 256 g/mol. The minimum Gasteiger partial charge on any atom is -0.393 e. The molecule has 2 nitrogen and oxygen atoms in total. The SMILES string of the molecule is CCCCCCC(O)CCCCCCCC(C)=O. The Hall–Kier alpha value is -0.370. The summed E-state index contributed by atoms with van der Waals surface area (Å²) in [6.45, 7) is 3.87. The molecule has 0 saturated heterocycles. The van der Waals surface area contributed by atoms with Gasteiger partial charge in [0.05, 0.1) is 6.10 Å². The molecule has 0 bridgehead atoms. The summed E-state index contributed by atoms with van der Waals surface area (Å²) in [6, 6.07) is 0. The normalized spacial score (nSPS) is 12.6. The zero-order chi connectivity index (χ0) is 13.6. The van der Waals surface area contributed by atoms with Crippen LogP contribution < -0.4 is 0 Å². The maximum atomic E-state index is 10.7. The summed E-state index contributed by atoms with van der Waals surface area (Å²) in [4.78, 5) is 10.7. The van der Waals surface area contributed by atoms with Crippen LogP contribution in [-0.4, -0.2) is 17.0 Å². The Morgan fingerprint density at radius 3 is 1.94 bits per heavy atom.